The monoisotopic (exact) mass is 493 g/mol. The van der Waals surface area contributed by atoms with Crippen molar-refractivity contribution in [2.24, 2.45) is 0 Å². The molecule has 3 aromatic carbocycles. The maximum Gasteiger partial charge on any atom is 0.268 e. The van der Waals surface area contributed by atoms with E-state index in [2.05, 4.69) is 0 Å². The molecule has 176 valence electrons. The first-order valence-electron chi connectivity index (χ1n) is 11.0. The third-order valence-corrected chi connectivity index (χ3v) is 9.47. The van der Waals surface area contributed by atoms with Gasteiger partial charge in [0.2, 0.25) is 9.84 Å². The van der Waals surface area contributed by atoms with Gasteiger partial charge < -0.3 is 0 Å². The average molecular weight is 494 g/mol. The van der Waals surface area contributed by atoms with Crippen LogP contribution in [0.3, 0.4) is 0 Å². The minimum Gasteiger partial charge on any atom is -0.240 e. The normalized spacial score (nSPS) is 12.6. The summed E-state index contributed by atoms with van der Waals surface area (Å²) in [5.74, 6) is 0. The zero-order chi connectivity index (χ0) is 24.7. The minimum atomic E-state index is -4.03. The van der Waals surface area contributed by atoms with Gasteiger partial charge in [-0.15, -0.1) is 0 Å². The number of sulfone groups is 1. The van der Waals surface area contributed by atoms with Gasteiger partial charge in [-0.25, -0.2) is 20.8 Å². The lowest BCUT2D eigenvalue weighted by atomic mass is 10.0. The molecule has 0 bridgehead atoms. The van der Waals surface area contributed by atoms with Crippen LogP contribution < -0.4 is 0 Å². The van der Waals surface area contributed by atoms with Crippen LogP contribution in [0.5, 0.6) is 0 Å². The first-order chi connectivity index (χ1) is 16.1. The van der Waals surface area contributed by atoms with Crippen LogP contribution in [-0.2, 0) is 26.3 Å². The molecular weight excluding hydrogens is 466 g/mol. The van der Waals surface area contributed by atoms with Crippen LogP contribution in [0.25, 0.3) is 10.9 Å². The molecular formula is C27H27NO4S2. The second-order valence-electron chi connectivity index (χ2n) is 8.45. The number of allylic oxidation sites excluding steroid dienone is 2. The molecule has 0 aliphatic carbocycles. The summed E-state index contributed by atoms with van der Waals surface area (Å²) >= 11 is 0. The van der Waals surface area contributed by atoms with Crippen molar-refractivity contribution < 1.29 is 16.8 Å². The van der Waals surface area contributed by atoms with Gasteiger partial charge in [0.15, 0.2) is 0 Å². The van der Waals surface area contributed by atoms with Crippen molar-refractivity contribution in [3.8, 4) is 0 Å². The number of aryl methyl sites for hydroxylation is 3. The summed E-state index contributed by atoms with van der Waals surface area (Å²) in [6.07, 6.45) is 5.58. The Morgan fingerprint density at radius 1 is 0.765 bits per heavy atom. The summed E-state index contributed by atoms with van der Waals surface area (Å²) in [6, 6.07) is 16.7. The molecule has 0 spiro atoms. The van der Waals surface area contributed by atoms with Crippen molar-refractivity contribution in [2.45, 2.75) is 48.8 Å². The van der Waals surface area contributed by atoms with Gasteiger partial charge in [0.25, 0.3) is 10.0 Å². The van der Waals surface area contributed by atoms with Crippen LogP contribution in [0.15, 0.2) is 93.7 Å². The van der Waals surface area contributed by atoms with Gasteiger partial charge in [0.05, 0.1) is 20.2 Å². The fraction of sp³-hybridized carbons (Fsp3) is 0.185. The van der Waals surface area contributed by atoms with Crippen LogP contribution in [-0.4, -0.2) is 20.8 Å². The Kier molecular flexibility index (Phi) is 6.27. The highest BCUT2D eigenvalue weighted by Crippen LogP contribution is 2.36. The van der Waals surface area contributed by atoms with Crippen LogP contribution in [0, 0.1) is 20.8 Å². The van der Waals surface area contributed by atoms with Crippen molar-refractivity contribution in [1.29, 1.82) is 0 Å². The number of hydrogen-bond acceptors (Lipinski definition) is 4. The lowest BCUT2D eigenvalue weighted by Gasteiger charge is -2.11. The molecule has 0 saturated carbocycles. The molecule has 1 heterocycles. The number of hydrogen-bond donors (Lipinski definition) is 0. The predicted octanol–water partition coefficient (Wildman–Crippen LogP) is 5.75. The lowest BCUT2D eigenvalue weighted by molar-refractivity contribution is 0.588. The summed E-state index contributed by atoms with van der Waals surface area (Å²) in [4.78, 5) is 0.221. The average Bonchev–Trinajstić information content (AvgIpc) is 3.20. The standard InChI is InChI=1S/C27H27NO4S2/c1-5-6-7-24-21(4)12-17-25-27(24)26(33(29,30)22-13-8-19(2)9-14-22)18-28(25)34(31,32)23-15-10-20(3)11-16-23/h5-6,8-18H,7H2,1-4H3/b6-5+. The van der Waals surface area contributed by atoms with Gasteiger partial charge >= 0.3 is 0 Å². The van der Waals surface area contributed by atoms with E-state index >= 15 is 0 Å². The number of rotatable bonds is 6. The molecule has 1 aromatic heterocycles. The highest BCUT2D eigenvalue weighted by Gasteiger charge is 2.29. The van der Waals surface area contributed by atoms with E-state index in [1.807, 2.05) is 45.9 Å². The molecule has 0 unspecified atom stereocenters. The van der Waals surface area contributed by atoms with Gasteiger partial charge in [0, 0.05) is 11.6 Å². The highest BCUT2D eigenvalue weighted by molar-refractivity contribution is 7.92. The van der Waals surface area contributed by atoms with Crippen molar-refractivity contribution >= 4 is 30.8 Å². The Hall–Kier alpha value is -3.16. The highest BCUT2D eigenvalue weighted by atomic mass is 32.2. The first-order valence-corrected chi connectivity index (χ1v) is 13.9. The summed E-state index contributed by atoms with van der Waals surface area (Å²) < 4.78 is 56.0. The van der Waals surface area contributed by atoms with Crippen LogP contribution in [0.1, 0.15) is 29.2 Å². The largest absolute Gasteiger partial charge is 0.268 e. The van der Waals surface area contributed by atoms with E-state index < -0.39 is 19.9 Å². The minimum absolute atomic E-state index is 0.00903. The number of fused-ring (bicyclic) bond motifs is 1. The Morgan fingerprint density at radius 2 is 1.32 bits per heavy atom. The Bertz CT molecular complexity index is 1610. The third-order valence-electron chi connectivity index (χ3n) is 6.00. The van der Waals surface area contributed by atoms with Crippen molar-refractivity contribution in [1.82, 2.24) is 3.97 Å². The van der Waals surface area contributed by atoms with Crippen LogP contribution in [0.2, 0.25) is 0 Å². The zero-order valence-electron chi connectivity index (χ0n) is 19.6. The van der Waals surface area contributed by atoms with E-state index in [-0.39, 0.29) is 14.7 Å². The molecule has 5 nitrogen and oxygen atoms in total. The smallest absolute Gasteiger partial charge is 0.240 e. The van der Waals surface area contributed by atoms with E-state index in [4.69, 9.17) is 0 Å². The van der Waals surface area contributed by atoms with Gasteiger partial charge in [0.1, 0.15) is 0 Å². The quantitative estimate of drug-likeness (QED) is 0.320. The molecule has 4 aromatic rings. The Balaban J connectivity index is 2.09. The number of aromatic nitrogens is 1. The lowest BCUT2D eigenvalue weighted by Crippen LogP contribution is -2.12. The first kappa shape index (κ1) is 24.0. The summed E-state index contributed by atoms with van der Waals surface area (Å²) in [7, 11) is -8.01. The van der Waals surface area contributed by atoms with Crippen molar-refractivity contribution in [3.63, 3.8) is 0 Å². The Morgan fingerprint density at radius 3 is 1.88 bits per heavy atom. The molecule has 34 heavy (non-hydrogen) atoms. The van der Waals surface area contributed by atoms with Gasteiger partial charge in [-0.1, -0.05) is 53.6 Å². The molecule has 0 aliphatic heterocycles. The van der Waals surface area contributed by atoms with Crippen molar-refractivity contribution in [3.05, 3.63) is 101 Å². The molecule has 4 rings (SSSR count). The molecule has 7 heteroatoms. The predicted molar refractivity (Wildman–Crippen MR) is 136 cm³/mol. The zero-order valence-corrected chi connectivity index (χ0v) is 21.2. The maximum atomic E-state index is 13.8. The molecule has 0 saturated heterocycles. The number of nitrogens with zero attached hydrogens (tertiary/aromatic N) is 1. The Labute approximate surface area is 201 Å². The van der Waals surface area contributed by atoms with Gasteiger partial charge in [-0.2, -0.15) is 0 Å². The molecule has 0 aliphatic rings. The number of benzene rings is 3. The van der Waals surface area contributed by atoms with Crippen molar-refractivity contribution in [2.75, 3.05) is 0 Å². The van der Waals surface area contributed by atoms with E-state index in [1.165, 1.54) is 6.20 Å². The second-order valence-corrected chi connectivity index (χ2v) is 12.2. The summed E-state index contributed by atoms with van der Waals surface area (Å²) in [5.41, 5.74) is 3.91. The maximum absolute atomic E-state index is 13.8. The van der Waals surface area contributed by atoms with E-state index in [0.29, 0.717) is 17.3 Å². The van der Waals surface area contributed by atoms with E-state index in [9.17, 15) is 16.8 Å². The molecule has 0 fully saturated rings. The van der Waals surface area contributed by atoms with Crippen LogP contribution in [0.4, 0.5) is 0 Å². The molecule has 0 N–H and O–H groups in total. The summed E-state index contributed by atoms with van der Waals surface area (Å²) in [6.45, 7) is 7.57. The molecule has 0 amide bonds. The van der Waals surface area contributed by atoms with E-state index in [0.717, 1.165) is 26.2 Å². The molecule has 0 radical (unpaired) electrons. The van der Waals surface area contributed by atoms with Gasteiger partial charge in [-0.3, -0.25) is 0 Å². The molecule has 0 atom stereocenters. The fourth-order valence-corrected chi connectivity index (χ4v) is 6.93. The topological polar surface area (TPSA) is 73.2 Å². The SMILES string of the molecule is C/C=C/Cc1c(C)ccc2c1c(S(=O)(=O)c1ccc(C)cc1)cn2S(=O)(=O)c1ccc(C)cc1. The van der Waals surface area contributed by atoms with Crippen LogP contribution >= 0.6 is 0 Å². The van der Waals surface area contributed by atoms with E-state index in [1.54, 1.807) is 54.6 Å². The van der Waals surface area contributed by atoms with Gasteiger partial charge in [-0.05, 0) is 75.6 Å². The summed E-state index contributed by atoms with van der Waals surface area (Å²) in [5, 5.41) is 0.439. The second kappa shape index (κ2) is 8.89. The third kappa shape index (κ3) is 4.10. The fourth-order valence-electron chi connectivity index (χ4n) is 4.01.